The number of hydrogen-bond donors (Lipinski definition) is 5. The van der Waals surface area contributed by atoms with Gasteiger partial charge in [-0.3, -0.25) is 0 Å². The van der Waals surface area contributed by atoms with E-state index in [9.17, 15) is 10.2 Å². The molecule has 0 saturated carbocycles. The molecular formula is C21H45NO4. The highest BCUT2D eigenvalue weighted by Crippen LogP contribution is 2.17. The van der Waals surface area contributed by atoms with Crippen molar-refractivity contribution in [3.8, 4) is 0 Å². The Morgan fingerprint density at radius 1 is 0.654 bits per heavy atom. The first kappa shape index (κ1) is 25.8. The summed E-state index contributed by atoms with van der Waals surface area (Å²) in [5.41, 5.74) is 4.15. The summed E-state index contributed by atoms with van der Waals surface area (Å²) >= 11 is 0. The highest BCUT2D eigenvalue weighted by molar-refractivity contribution is 4.94. The normalized spacial score (nSPS) is 14.5. The van der Waals surface area contributed by atoms with Gasteiger partial charge in [-0.15, -0.1) is 0 Å². The molecule has 5 heteroatoms. The second kappa shape index (κ2) is 16.9. The molecule has 2 atom stereocenters. The second-order valence-corrected chi connectivity index (χ2v) is 7.95. The van der Waals surface area contributed by atoms with Crippen molar-refractivity contribution in [3.63, 3.8) is 0 Å². The van der Waals surface area contributed by atoms with Crippen LogP contribution in [0.5, 0.6) is 0 Å². The maximum absolute atomic E-state index is 9.95. The fourth-order valence-corrected chi connectivity index (χ4v) is 3.33. The van der Waals surface area contributed by atoms with Crippen LogP contribution in [0.4, 0.5) is 0 Å². The summed E-state index contributed by atoms with van der Waals surface area (Å²) in [5.74, 6) is 0. The predicted octanol–water partition coefficient (Wildman–Crippen LogP) is 3.26. The summed E-state index contributed by atoms with van der Waals surface area (Å²) in [4.78, 5) is 0. The lowest BCUT2D eigenvalue weighted by Crippen LogP contribution is -2.61. The van der Waals surface area contributed by atoms with Gasteiger partial charge < -0.3 is 26.2 Å². The van der Waals surface area contributed by atoms with Crippen molar-refractivity contribution >= 4 is 0 Å². The van der Waals surface area contributed by atoms with Crippen molar-refractivity contribution in [1.29, 1.82) is 0 Å². The molecule has 0 aliphatic carbocycles. The van der Waals surface area contributed by atoms with E-state index in [-0.39, 0.29) is 0 Å². The zero-order valence-corrected chi connectivity index (χ0v) is 17.0. The third-order valence-electron chi connectivity index (χ3n) is 5.40. The summed E-state index contributed by atoms with van der Waals surface area (Å²) in [6, 6.07) is 0. The standard InChI is InChI=1S/C21H45NO4/c1-2-3-4-5-6-7-8-9-10-11-12-13-14-15-16-19(25)20(26)21(22,17-23)18-24/h19-20,23-26H,2-18,22H2,1H3/t19-,20+/m1/s1. The van der Waals surface area contributed by atoms with Gasteiger partial charge in [-0.25, -0.2) is 0 Å². The molecule has 0 aromatic rings. The maximum Gasteiger partial charge on any atom is 0.102 e. The molecule has 0 rings (SSSR count). The number of nitrogens with two attached hydrogens (primary N) is 1. The fourth-order valence-electron chi connectivity index (χ4n) is 3.33. The van der Waals surface area contributed by atoms with Crippen molar-refractivity contribution in [2.24, 2.45) is 5.73 Å². The molecule has 0 spiro atoms. The third kappa shape index (κ3) is 12.2. The van der Waals surface area contributed by atoms with Gasteiger partial charge in [0.1, 0.15) is 6.10 Å². The zero-order valence-electron chi connectivity index (χ0n) is 17.0. The largest absolute Gasteiger partial charge is 0.394 e. The van der Waals surface area contributed by atoms with E-state index in [1.165, 1.54) is 70.6 Å². The highest BCUT2D eigenvalue weighted by Gasteiger charge is 2.37. The Hall–Kier alpha value is -0.200. The third-order valence-corrected chi connectivity index (χ3v) is 5.40. The van der Waals surface area contributed by atoms with Crippen LogP contribution in [0.25, 0.3) is 0 Å². The SMILES string of the molecule is CCCCCCCCCCCCCCCC[C@@H](O)[C@H](O)C(N)(CO)CO. The molecule has 0 heterocycles. The summed E-state index contributed by atoms with van der Waals surface area (Å²) in [6.45, 7) is 1.14. The molecule has 0 aromatic carbocycles. The van der Waals surface area contributed by atoms with Crippen LogP contribution in [-0.2, 0) is 0 Å². The van der Waals surface area contributed by atoms with Gasteiger partial charge in [-0.1, -0.05) is 96.8 Å². The second-order valence-electron chi connectivity index (χ2n) is 7.95. The van der Waals surface area contributed by atoms with Crippen LogP contribution >= 0.6 is 0 Å². The van der Waals surface area contributed by atoms with Gasteiger partial charge in [-0.2, -0.15) is 0 Å². The van der Waals surface area contributed by atoms with Crippen molar-refractivity contribution in [1.82, 2.24) is 0 Å². The van der Waals surface area contributed by atoms with E-state index in [1.54, 1.807) is 0 Å². The van der Waals surface area contributed by atoms with Crippen LogP contribution < -0.4 is 5.73 Å². The number of unbranched alkanes of at least 4 members (excludes halogenated alkanes) is 13. The van der Waals surface area contributed by atoms with Crippen LogP contribution in [0, 0.1) is 0 Å². The van der Waals surface area contributed by atoms with Gasteiger partial charge in [0.15, 0.2) is 0 Å². The molecule has 0 aliphatic rings. The minimum atomic E-state index is -1.53. The molecule has 0 bridgehead atoms. The predicted molar refractivity (Wildman–Crippen MR) is 108 cm³/mol. The minimum Gasteiger partial charge on any atom is -0.394 e. The van der Waals surface area contributed by atoms with E-state index in [4.69, 9.17) is 15.9 Å². The molecule has 0 aromatic heterocycles. The van der Waals surface area contributed by atoms with Gasteiger partial charge in [-0.05, 0) is 6.42 Å². The molecule has 5 nitrogen and oxygen atoms in total. The first-order chi connectivity index (χ1) is 12.5. The van der Waals surface area contributed by atoms with Crippen LogP contribution in [0.1, 0.15) is 103 Å². The van der Waals surface area contributed by atoms with Crippen LogP contribution in [0.15, 0.2) is 0 Å². The fraction of sp³-hybridized carbons (Fsp3) is 1.00. The van der Waals surface area contributed by atoms with Gasteiger partial charge >= 0.3 is 0 Å². The molecule has 158 valence electrons. The number of hydrogen-bond acceptors (Lipinski definition) is 5. The molecule has 0 fully saturated rings. The lowest BCUT2D eigenvalue weighted by atomic mass is 9.89. The summed E-state index contributed by atoms with van der Waals surface area (Å²) < 4.78 is 0. The van der Waals surface area contributed by atoms with Gasteiger partial charge in [0.25, 0.3) is 0 Å². The molecule has 0 unspecified atom stereocenters. The van der Waals surface area contributed by atoms with Gasteiger partial charge in [0, 0.05) is 0 Å². The first-order valence-electron chi connectivity index (χ1n) is 10.9. The highest BCUT2D eigenvalue weighted by atomic mass is 16.3. The Labute approximate surface area is 161 Å². The average Bonchev–Trinajstić information content (AvgIpc) is 2.66. The van der Waals surface area contributed by atoms with Crippen molar-refractivity contribution in [2.45, 2.75) is 121 Å². The van der Waals surface area contributed by atoms with Crippen molar-refractivity contribution in [3.05, 3.63) is 0 Å². The molecular weight excluding hydrogens is 330 g/mol. The Bertz CT molecular complexity index is 298. The Balaban J connectivity index is 3.43. The Morgan fingerprint density at radius 3 is 1.35 bits per heavy atom. The van der Waals surface area contributed by atoms with Crippen LogP contribution in [0.3, 0.4) is 0 Å². The van der Waals surface area contributed by atoms with E-state index in [0.29, 0.717) is 6.42 Å². The Morgan fingerprint density at radius 2 is 1.00 bits per heavy atom. The van der Waals surface area contributed by atoms with E-state index in [1.807, 2.05) is 0 Å². The number of rotatable bonds is 19. The summed E-state index contributed by atoms with van der Waals surface area (Å²) in [5, 5.41) is 38.2. The van der Waals surface area contributed by atoms with Gasteiger partial charge in [0.2, 0.25) is 0 Å². The van der Waals surface area contributed by atoms with E-state index >= 15 is 0 Å². The molecule has 0 amide bonds. The first-order valence-corrected chi connectivity index (χ1v) is 10.9. The van der Waals surface area contributed by atoms with E-state index in [0.717, 1.165) is 19.3 Å². The molecule has 0 radical (unpaired) electrons. The van der Waals surface area contributed by atoms with Crippen LogP contribution in [0.2, 0.25) is 0 Å². The lowest BCUT2D eigenvalue weighted by Gasteiger charge is -2.33. The smallest absolute Gasteiger partial charge is 0.102 e. The van der Waals surface area contributed by atoms with Crippen molar-refractivity contribution in [2.75, 3.05) is 13.2 Å². The van der Waals surface area contributed by atoms with E-state index in [2.05, 4.69) is 6.92 Å². The summed E-state index contributed by atoms with van der Waals surface area (Å²) in [7, 11) is 0. The van der Waals surface area contributed by atoms with E-state index < -0.39 is 31.0 Å². The van der Waals surface area contributed by atoms with Crippen molar-refractivity contribution < 1.29 is 20.4 Å². The number of aliphatic hydroxyl groups excluding tert-OH is 4. The van der Waals surface area contributed by atoms with Gasteiger partial charge in [0.05, 0.1) is 24.9 Å². The maximum atomic E-state index is 9.95. The monoisotopic (exact) mass is 375 g/mol. The number of aliphatic hydroxyl groups is 4. The molecule has 6 N–H and O–H groups in total. The Kier molecular flexibility index (Phi) is 16.8. The quantitative estimate of drug-likeness (QED) is 0.223. The molecule has 0 aliphatic heterocycles. The average molecular weight is 376 g/mol. The molecule has 0 saturated heterocycles. The summed E-state index contributed by atoms with van der Waals surface area (Å²) in [6.07, 6.45) is 15.9. The molecule has 26 heavy (non-hydrogen) atoms. The minimum absolute atomic E-state index is 0.443. The lowest BCUT2D eigenvalue weighted by molar-refractivity contribution is -0.0660. The topological polar surface area (TPSA) is 107 Å². The van der Waals surface area contributed by atoms with Crippen LogP contribution in [-0.4, -0.2) is 51.4 Å². The zero-order chi connectivity index (χ0) is 19.7.